The number of aryl methyl sites for hydroxylation is 1. The van der Waals surface area contributed by atoms with Gasteiger partial charge in [-0.15, -0.1) is 0 Å². The topological polar surface area (TPSA) is 113 Å². The second kappa shape index (κ2) is 8.96. The van der Waals surface area contributed by atoms with Gasteiger partial charge in [0.05, 0.1) is 4.90 Å². The first-order chi connectivity index (χ1) is 12.7. The van der Waals surface area contributed by atoms with Gasteiger partial charge >= 0.3 is 5.97 Å². The van der Waals surface area contributed by atoms with Crippen LogP contribution in [0.2, 0.25) is 0 Å². The molecule has 1 N–H and O–H groups in total. The van der Waals surface area contributed by atoms with E-state index in [0.717, 1.165) is 5.56 Å². The number of carbonyl (C=O) groups is 3. The van der Waals surface area contributed by atoms with Crippen molar-refractivity contribution in [2.75, 3.05) is 39.3 Å². The fourth-order valence-electron chi connectivity index (χ4n) is 2.51. The SMILES string of the molecule is CC(=O)N1CCN(C(=O)COC(=O)CNS(=O)(=O)c2ccc(C)cc2)CC1. The number of carbonyl (C=O) groups excluding carboxylic acids is 3. The van der Waals surface area contributed by atoms with Crippen LogP contribution in [0.5, 0.6) is 0 Å². The zero-order valence-electron chi connectivity index (χ0n) is 15.3. The Labute approximate surface area is 158 Å². The Kier molecular flexibility index (Phi) is 6.92. The van der Waals surface area contributed by atoms with E-state index in [1.807, 2.05) is 6.92 Å². The maximum Gasteiger partial charge on any atom is 0.321 e. The molecule has 1 fully saturated rings. The van der Waals surface area contributed by atoms with E-state index in [2.05, 4.69) is 4.72 Å². The van der Waals surface area contributed by atoms with Gasteiger partial charge in [-0.3, -0.25) is 14.4 Å². The normalized spacial score (nSPS) is 14.7. The number of ether oxygens (including phenoxy) is 1. The fraction of sp³-hybridized carbons (Fsp3) is 0.471. The number of amides is 2. The largest absolute Gasteiger partial charge is 0.455 e. The summed E-state index contributed by atoms with van der Waals surface area (Å²) in [5, 5.41) is 0. The summed E-state index contributed by atoms with van der Waals surface area (Å²) in [5.41, 5.74) is 0.913. The first-order valence-electron chi connectivity index (χ1n) is 8.44. The van der Waals surface area contributed by atoms with E-state index < -0.39 is 29.1 Å². The molecule has 1 heterocycles. The molecule has 27 heavy (non-hydrogen) atoms. The third-order valence-corrected chi connectivity index (χ3v) is 5.59. The van der Waals surface area contributed by atoms with Crippen LogP contribution >= 0.6 is 0 Å². The molecule has 1 saturated heterocycles. The highest BCUT2D eigenvalue weighted by atomic mass is 32.2. The third kappa shape index (κ3) is 6.04. The molecule has 1 aliphatic rings. The molecule has 0 spiro atoms. The van der Waals surface area contributed by atoms with Crippen molar-refractivity contribution in [1.82, 2.24) is 14.5 Å². The van der Waals surface area contributed by atoms with Gasteiger partial charge in [-0.05, 0) is 19.1 Å². The molecule has 0 aliphatic carbocycles. The Bertz CT molecular complexity index is 798. The number of nitrogens with zero attached hydrogens (tertiary/aromatic N) is 2. The molecule has 2 amide bonds. The van der Waals surface area contributed by atoms with Gasteiger partial charge in [-0.2, -0.15) is 4.72 Å². The van der Waals surface area contributed by atoms with Crippen molar-refractivity contribution < 1.29 is 27.5 Å². The van der Waals surface area contributed by atoms with Crippen LogP contribution in [0.1, 0.15) is 12.5 Å². The molecular formula is C17H23N3O6S. The lowest BCUT2D eigenvalue weighted by atomic mass is 10.2. The van der Waals surface area contributed by atoms with Gasteiger partial charge < -0.3 is 14.5 Å². The fourth-order valence-corrected chi connectivity index (χ4v) is 3.48. The first kappa shape index (κ1) is 20.8. The van der Waals surface area contributed by atoms with E-state index in [-0.39, 0.29) is 16.7 Å². The summed E-state index contributed by atoms with van der Waals surface area (Å²) >= 11 is 0. The number of esters is 1. The maximum absolute atomic E-state index is 12.1. The summed E-state index contributed by atoms with van der Waals surface area (Å²) in [6.07, 6.45) is 0. The monoisotopic (exact) mass is 397 g/mol. The minimum atomic E-state index is -3.83. The average molecular weight is 397 g/mol. The summed E-state index contributed by atoms with van der Waals surface area (Å²) in [5.74, 6) is -1.27. The van der Waals surface area contributed by atoms with Crippen LogP contribution in [0.4, 0.5) is 0 Å². The molecule has 0 aromatic heterocycles. The van der Waals surface area contributed by atoms with Crippen LogP contribution in [0.25, 0.3) is 0 Å². The average Bonchev–Trinajstić information content (AvgIpc) is 2.65. The second-order valence-electron chi connectivity index (χ2n) is 6.19. The number of rotatable bonds is 6. The molecule has 0 saturated carbocycles. The summed E-state index contributed by atoms with van der Waals surface area (Å²) in [6.45, 7) is 3.88. The van der Waals surface area contributed by atoms with Crippen molar-refractivity contribution >= 4 is 27.8 Å². The van der Waals surface area contributed by atoms with Crippen molar-refractivity contribution in [3.8, 4) is 0 Å². The minimum Gasteiger partial charge on any atom is -0.455 e. The van der Waals surface area contributed by atoms with Gasteiger partial charge in [0.15, 0.2) is 6.61 Å². The van der Waals surface area contributed by atoms with Gasteiger partial charge in [0, 0.05) is 33.1 Å². The lowest BCUT2D eigenvalue weighted by molar-refractivity contribution is -0.152. The number of sulfonamides is 1. The van der Waals surface area contributed by atoms with E-state index in [0.29, 0.717) is 26.2 Å². The van der Waals surface area contributed by atoms with Gasteiger partial charge in [0.2, 0.25) is 15.9 Å². The van der Waals surface area contributed by atoms with Gasteiger partial charge in [-0.25, -0.2) is 8.42 Å². The molecule has 0 atom stereocenters. The summed E-state index contributed by atoms with van der Waals surface area (Å²) in [4.78, 5) is 38.2. The first-order valence-corrected chi connectivity index (χ1v) is 9.92. The van der Waals surface area contributed by atoms with Crippen LogP contribution in [-0.2, 0) is 29.1 Å². The Morgan fingerprint density at radius 2 is 1.59 bits per heavy atom. The van der Waals surface area contributed by atoms with Crippen LogP contribution in [0.15, 0.2) is 29.2 Å². The Morgan fingerprint density at radius 1 is 1.04 bits per heavy atom. The molecule has 1 aliphatic heterocycles. The molecule has 148 valence electrons. The second-order valence-corrected chi connectivity index (χ2v) is 7.95. The van der Waals surface area contributed by atoms with E-state index >= 15 is 0 Å². The van der Waals surface area contributed by atoms with Crippen molar-refractivity contribution in [3.05, 3.63) is 29.8 Å². The lowest BCUT2D eigenvalue weighted by Crippen LogP contribution is -2.51. The summed E-state index contributed by atoms with van der Waals surface area (Å²) < 4.78 is 31.2. The predicted molar refractivity (Wildman–Crippen MR) is 96.2 cm³/mol. The summed E-state index contributed by atoms with van der Waals surface area (Å²) in [7, 11) is -3.83. The van der Waals surface area contributed by atoms with Crippen LogP contribution in [-0.4, -0.2) is 75.3 Å². The Balaban J connectivity index is 1.75. The quantitative estimate of drug-likeness (QED) is 0.648. The molecule has 0 bridgehead atoms. The van der Waals surface area contributed by atoms with E-state index in [1.165, 1.54) is 24.0 Å². The highest BCUT2D eigenvalue weighted by molar-refractivity contribution is 7.89. The van der Waals surface area contributed by atoms with Crippen LogP contribution in [0, 0.1) is 6.92 Å². The standard InChI is InChI=1S/C17H23N3O6S/c1-13-3-5-15(6-4-13)27(24,25)18-11-17(23)26-12-16(22)20-9-7-19(8-10-20)14(2)21/h3-6,18H,7-12H2,1-2H3. The molecule has 1 aromatic carbocycles. The molecular weight excluding hydrogens is 374 g/mol. The lowest BCUT2D eigenvalue weighted by Gasteiger charge is -2.34. The Hall–Kier alpha value is -2.46. The number of hydrogen-bond donors (Lipinski definition) is 1. The highest BCUT2D eigenvalue weighted by Crippen LogP contribution is 2.09. The molecule has 10 heteroatoms. The molecule has 9 nitrogen and oxygen atoms in total. The van der Waals surface area contributed by atoms with E-state index in [4.69, 9.17) is 4.74 Å². The zero-order chi connectivity index (χ0) is 20.0. The minimum absolute atomic E-state index is 0.0420. The zero-order valence-corrected chi connectivity index (χ0v) is 16.1. The number of piperazine rings is 1. The summed E-state index contributed by atoms with van der Waals surface area (Å²) in [6, 6.07) is 6.18. The number of hydrogen-bond acceptors (Lipinski definition) is 6. The highest BCUT2D eigenvalue weighted by Gasteiger charge is 2.23. The maximum atomic E-state index is 12.1. The third-order valence-electron chi connectivity index (χ3n) is 4.17. The van der Waals surface area contributed by atoms with Gasteiger partial charge in [-0.1, -0.05) is 17.7 Å². The van der Waals surface area contributed by atoms with Crippen molar-refractivity contribution in [1.29, 1.82) is 0 Å². The molecule has 0 radical (unpaired) electrons. The van der Waals surface area contributed by atoms with Crippen molar-refractivity contribution in [3.63, 3.8) is 0 Å². The molecule has 2 rings (SSSR count). The van der Waals surface area contributed by atoms with Gasteiger partial charge in [0.25, 0.3) is 5.91 Å². The van der Waals surface area contributed by atoms with Crippen LogP contribution < -0.4 is 4.72 Å². The smallest absolute Gasteiger partial charge is 0.321 e. The predicted octanol–water partition coefficient (Wildman–Crippen LogP) is -0.493. The number of nitrogens with one attached hydrogen (secondary N) is 1. The molecule has 0 unspecified atom stereocenters. The van der Waals surface area contributed by atoms with Crippen molar-refractivity contribution in [2.45, 2.75) is 18.7 Å². The van der Waals surface area contributed by atoms with Gasteiger partial charge in [0.1, 0.15) is 6.54 Å². The van der Waals surface area contributed by atoms with E-state index in [9.17, 15) is 22.8 Å². The number of benzene rings is 1. The van der Waals surface area contributed by atoms with Crippen LogP contribution in [0.3, 0.4) is 0 Å². The van der Waals surface area contributed by atoms with Crippen molar-refractivity contribution in [2.24, 2.45) is 0 Å². The Morgan fingerprint density at radius 3 is 2.15 bits per heavy atom. The molecule has 1 aromatic rings. The van der Waals surface area contributed by atoms with E-state index in [1.54, 1.807) is 17.0 Å².